The summed E-state index contributed by atoms with van der Waals surface area (Å²) in [4.78, 5) is 13.4. The summed E-state index contributed by atoms with van der Waals surface area (Å²) < 4.78 is 18.9. The number of carbonyl (C=O) groups excluding carboxylic acids is 1. The molecule has 2 atom stereocenters. The number of hydrogen-bond acceptors (Lipinski definition) is 4. The van der Waals surface area contributed by atoms with E-state index in [0.29, 0.717) is 19.5 Å². The van der Waals surface area contributed by atoms with Crippen molar-refractivity contribution in [3.8, 4) is 0 Å². The highest BCUT2D eigenvalue weighted by Gasteiger charge is 2.31. The van der Waals surface area contributed by atoms with Gasteiger partial charge in [-0.1, -0.05) is 0 Å². The van der Waals surface area contributed by atoms with Crippen LogP contribution in [0.2, 0.25) is 0 Å². The maximum Gasteiger partial charge on any atom is 0.407 e. The molecule has 1 saturated heterocycles. The summed E-state index contributed by atoms with van der Waals surface area (Å²) in [7, 11) is 0. The van der Waals surface area contributed by atoms with Gasteiger partial charge >= 0.3 is 6.09 Å². The first-order valence-electron chi connectivity index (χ1n) is 6.28. The minimum atomic E-state index is -1.13. The summed E-state index contributed by atoms with van der Waals surface area (Å²) in [5.74, 6) is 0. The zero-order chi connectivity index (χ0) is 13.8. The van der Waals surface area contributed by atoms with Gasteiger partial charge in [-0.15, -0.1) is 0 Å². The first-order chi connectivity index (χ1) is 8.31. The summed E-state index contributed by atoms with van der Waals surface area (Å²) in [6.07, 6.45) is -1.18. The summed E-state index contributed by atoms with van der Waals surface area (Å²) in [6, 6.07) is -0.505. The number of alkyl halides is 1. The molecule has 0 aromatic rings. The van der Waals surface area contributed by atoms with E-state index in [0.717, 1.165) is 0 Å². The van der Waals surface area contributed by atoms with Crippen LogP contribution >= 0.6 is 0 Å². The van der Waals surface area contributed by atoms with E-state index in [-0.39, 0.29) is 13.2 Å². The normalized spacial score (nSPS) is 25.8. The number of likely N-dealkylation sites (tertiary alicyclic amines) is 1. The minimum Gasteiger partial charge on any atom is -0.444 e. The Hall–Kier alpha value is -0.880. The molecule has 0 aromatic heterocycles. The average molecular weight is 262 g/mol. The van der Waals surface area contributed by atoms with Crippen molar-refractivity contribution in [3.05, 3.63) is 0 Å². The number of amides is 1. The number of rotatable bonds is 3. The van der Waals surface area contributed by atoms with Crippen molar-refractivity contribution in [1.29, 1.82) is 0 Å². The molecule has 0 aromatic carbocycles. The van der Waals surface area contributed by atoms with E-state index in [1.807, 2.05) is 4.90 Å². The molecule has 106 valence electrons. The highest BCUT2D eigenvalue weighted by Crippen LogP contribution is 2.15. The number of hydrogen-bond donors (Lipinski definition) is 2. The quantitative estimate of drug-likeness (QED) is 0.794. The van der Waals surface area contributed by atoms with Crippen LogP contribution in [0.3, 0.4) is 0 Å². The Morgan fingerprint density at radius 1 is 1.56 bits per heavy atom. The van der Waals surface area contributed by atoms with Gasteiger partial charge in [-0.25, -0.2) is 9.18 Å². The Labute approximate surface area is 107 Å². The molecule has 1 aliphatic rings. The molecule has 0 spiro atoms. The second kappa shape index (κ2) is 6.33. The third-order valence-corrected chi connectivity index (χ3v) is 2.74. The molecule has 6 heteroatoms. The smallest absolute Gasteiger partial charge is 0.407 e. The molecule has 0 unspecified atom stereocenters. The average Bonchev–Trinajstić information content (AvgIpc) is 2.20. The number of alkyl carbamates (subject to hydrolysis) is 1. The van der Waals surface area contributed by atoms with Gasteiger partial charge in [-0.05, 0) is 27.2 Å². The predicted molar refractivity (Wildman–Crippen MR) is 66.2 cm³/mol. The standard InChI is InChI=1S/C12H23FN2O3/c1-12(2,3)18-11(17)14-10-4-5-15(6-7-16)8-9(10)13/h9-10,16H,4-8H2,1-3H3,(H,14,17)/t9-,10+/m0/s1. The third-order valence-electron chi connectivity index (χ3n) is 2.74. The zero-order valence-electron chi connectivity index (χ0n) is 11.3. The number of piperidine rings is 1. The Bertz CT molecular complexity index is 281. The van der Waals surface area contributed by atoms with Gasteiger partial charge in [-0.2, -0.15) is 0 Å². The van der Waals surface area contributed by atoms with Crippen molar-refractivity contribution in [2.45, 2.75) is 45.0 Å². The van der Waals surface area contributed by atoms with E-state index < -0.39 is 23.9 Å². The zero-order valence-corrected chi connectivity index (χ0v) is 11.3. The Morgan fingerprint density at radius 2 is 2.22 bits per heavy atom. The molecule has 5 nitrogen and oxygen atoms in total. The maximum atomic E-state index is 13.8. The largest absolute Gasteiger partial charge is 0.444 e. The van der Waals surface area contributed by atoms with E-state index in [1.165, 1.54) is 0 Å². The van der Waals surface area contributed by atoms with Crippen LogP contribution in [0.4, 0.5) is 9.18 Å². The van der Waals surface area contributed by atoms with Crippen LogP contribution < -0.4 is 5.32 Å². The van der Waals surface area contributed by atoms with Crippen molar-refractivity contribution in [2.24, 2.45) is 0 Å². The van der Waals surface area contributed by atoms with Crippen LogP contribution in [0.25, 0.3) is 0 Å². The molecule has 1 aliphatic heterocycles. The molecular formula is C12H23FN2O3. The van der Waals surface area contributed by atoms with Crippen molar-refractivity contribution in [3.63, 3.8) is 0 Å². The predicted octanol–water partition coefficient (Wildman–Crippen LogP) is 0.916. The number of aliphatic hydroxyl groups is 1. The Balaban J connectivity index is 2.38. The van der Waals surface area contributed by atoms with Gasteiger partial charge in [0, 0.05) is 19.6 Å². The number of halogens is 1. The third kappa shape index (κ3) is 5.18. The lowest BCUT2D eigenvalue weighted by Crippen LogP contribution is -2.53. The fourth-order valence-electron chi connectivity index (χ4n) is 1.93. The van der Waals surface area contributed by atoms with Gasteiger partial charge in [0.25, 0.3) is 0 Å². The first kappa shape index (κ1) is 15.2. The highest BCUT2D eigenvalue weighted by molar-refractivity contribution is 5.68. The number of carbonyl (C=O) groups is 1. The van der Waals surface area contributed by atoms with Gasteiger partial charge in [0.05, 0.1) is 12.6 Å². The molecule has 0 radical (unpaired) electrons. The molecule has 1 amide bonds. The van der Waals surface area contributed by atoms with Crippen LogP contribution in [0.15, 0.2) is 0 Å². The molecule has 0 aliphatic carbocycles. The SMILES string of the molecule is CC(C)(C)OC(=O)N[C@@H]1CCN(CCO)C[C@@H]1F. The van der Waals surface area contributed by atoms with E-state index in [4.69, 9.17) is 9.84 Å². The fraction of sp³-hybridized carbons (Fsp3) is 0.917. The van der Waals surface area contributed by atoms with Crippen LogP contribution in [0.1, 0.15) is 27.2 Å². The molecule has 1 heterocycles. The highest BCUT2D eigenvalue weighted by atomic mass is 19.1. The number of nitrogens with zero attached hydrogens (tertiary/aromatic N) is 1. The lowest BCUT2D eigenvalue weighted by atomic mass is 10.0. The summed E-state index contributed by atoms with van der Waals surface area (Å²) in [5.41, 5.74) is -0.576. The number of nitrogens with one attached hydrogen (secondary N) is 1. The van der Waals surface area contributed by atoms with Gasteiger partial charge in [0.15, 0.2) is 0 Å². The Kier molecular flexibility index (Phi) is 5.34. The van der Waals surface area contributed by atoms with E-state index in [9.17, 15) is 9.18 Å². The van der Waals surface area contributed by atoms with Gasteiger partial charge in [0.1, 0.15) is 11.8 Å². The summed E-state index contributed by atoms with van der Waals surface area (Å²) in [5, 5.41) is 11.4. The topological polar surface area (TPSA) is 61.8 Å². The van der Waals surface area contributed by atoms with Gasteiger partial charge < -0.3 is 15.2 Å². The van der Waals surface area contributed by atoms with Crippen molar-refractivity contribution < 1.29 is 19.0 Å². The van der Waals surface area contributed by atoms with E-state index in [2.05, 4.69) is 5.32 Å². The lowest BCUT2D eigenvalue weighted by Gasteiger charge is -2.34. The Morgan fingerprint density at radius 3 is 2.72 bits per heavy atom. The summed E-state index contributed by atoms with van der Waals surface area (Å²) >= 11 is 0. The second-order valence-electron chi connectivity index (χ2n) is 5.58. The number of aliphatic hydroxyl groups excluding tert-OH is 1. The number of β-amino-alcohol motifs (C(OH)–C–C–N with tert-alkyl or cyclic N) is 1. The lowest BCUT2D eigenvalue weighted by molar-refractivity contribution is 0.0382. The van der Waals surface area contributed by atoms with Gasteiger partial charge in [0.2, 0.25) is 0 Å². The second-order valence-corrected chi connectivity index (χ2v) is 5.58. The molecule has 2 N–H and O–H groups in total. The van der Waals surface area contributed by atoms with Crippen LogP contribution in [-0.4, -0.2) is 60.2 Å². The minimum absolute atomic E-state index is 0.0247. The van der Waals surface area contributed by atoms with E-state index >= 15 is 0 Å². The van der Waals surface area contributed by atoms with Crippen LogP contribution in [0.5, 0.6) is 0 Å². The molecule has 18 heavy (non-hydrogen) atoms. The molecule has 0 saturated carbocycles. The van der Waals surface area contributed by atoms with Gasteiger partial charge in [-0.3, -0.25) is 4.90 Å². The fourth-order valence-corrected chi connectivity index (χ4v) is 1.93. The van der Waals surface area contributed by atoms with Crippen LogP contribution in [0, 0.1) is 0 Å². The molecule has 1 fully saturated rings. The summed E-state index contributed by atoms with van der Waals surface area (Å²) in [6.45, 7) is 6.70. The first-order valence-corrected chi connectivity index (χ1v) is 6.28. The molecular weight excluding hydrogens is 239 g/mol. The van der Waals surface area contributed by atoms with Crippen LogP contribution in [-0.2, 0) is 4.74 Å². The van der Waals surface area contributed by atoms with Crippen molar-refractivity contribution in [2.75, 3.05) is 26.2 Å². The maximum absolute atomic E-state index is 13.8. The van der Waals surface area contributed by atoms with E-state index in [1.54, 1.807) is 20.8 Å². The number of ether oxygens (including phenoxy) is 1. The van der Waals surface area contributed by atoms with Crippen molar-refractivity contribution >= 4 is 6.09 Å². The monoisotopic (exact) mass is 262 g/mol. The molecule has 0 bridgehead atoms. The van der Waals surface area contributed by atoms with Crippen molar-refractivity contribution in [1.82, 2.24) is 10.2 Å². The molecule has 1 rings (SSSR count).